The molecule has 0 unspecified atom stereocenters. The molecule has 0 aromatic heterocycles. The van der Waals surface area contributed by atoms with E-state index in [4.69, 9.17) is 16.7 Å². The van der Waals surface area contributed by atoms with E-state index in [1.54, 1.807) is 12.1 Å². The molecule has 206 valence electrons. The van der Waals surface area contributed by atoms with Crippen LogP contribution in [0.15, 0.2) is 103 Å². The molecule has 0 saturated carbocycles. The predicted octanol–water partition coefficient (Wildman–Crippen LogP) is 9.84. The minimum Gasteiger partial charge on any atom is -0.478 e. The minimum absolute atomic E-state index is 0.344. The molecule has 4 aromatic carbocycles. The van der Waals surface area contributed by atoms with Crippen LogP contribution in [0, 0.1) is 6.92 Å². The summed E-state index contributed by atoms with van der Waals surface area (Å²) in [5, 5.41) is 13.3. The second-order valence-corrected chi connectivity index (χ2v) is 10.5. The van der Waals surface area contributed by atoms with Gasteiger partial charge >= 0.3 is 5.97 Å². The van der Waals surface area contributed by atoms with Gasteiger partial charge < -0.3 is 10.4 Å². The van der Waals surface area contributed by atoms with Crippen LogP contribution < -0.4 is 5.32 Å². The van der Waals surface area contributed by atoms with Gasteiger partial charge in [0, 0.05) is 17.3 Å². The van der Waals surface area contributed by atoms with Crippen molar-refractivity contribution >= 4 is 28.8 Å². The van der Waals surface area contributed by atoms with Crippen molar-refractivity contribution in [2.24, 2.45) is 0 Å². The van der Waals surface area contributed by atoms with Crippen molar-refractivity contribution in [3.05, 3.63) is 142 Å². The molecular formula is C36H38ClNO2. The molecule has 0 saturated heterocycles. The van der Waals surface area contributed by atoms with E-state index in [9.17, 15) is 4.79 Å². The minimum atomic E-state index is -0.889. The molecule has 0 spiro atoms. The lowest BCUT2D eigenvalue weighted by Crippen LogP contribution is -2.11. The fraction of sp³-hybridized carbons (Fsp3) is 0.194. The van der Waals surface area contributed by atoms with Gasteiger partial charge in [0.1, 0.15) is 0 Å². The van der Waals surface area contributed by atoms with E-state index in [0.717, 1.165) is 39.4 Å². The highest BCUT2D eigenvalue weighted by atomic mass is 35.5. The Morgan fingerprint density at radius 1 is 0.850 bits per heavy atom. The summed E-state index contributed by atoms with van der Waals surface area (Å²) in [4.78, 5) is 11.1. The van der Waals surface area contributed by atoms with Crippen molar-refractivity contribution in [1.29, 1.82) is 0 Å². The van der Waals surface area contributed by atoms with Gasteiger partial charge in [0.2, 0.25) is 0 Å². The lowest BCUT2D eigenvalue weighted by Gasteiger charge is -2.14. The van der Waals surface area contributed by atoms with E-state index in [1.165, 1.54) is 27.8 Å². The molecule has 3 nitrogen and oxygen atoms in total. The molecule has 0 heterocycles. The first-order valence-electron chi connectivity index (χ1n) is 13.4. The first kappa shape index (κ1) is 30.5. The van der Waals surface area contributed by atoms with Crippen LogP contribution in [0.5, 0.6) is 0 Å². The number of hydrogen-bond acceptors (Lipinski definition) is 2. The number of benzene rings is 4. The Kier molecular flexibility index (Phi) is 10.9. The van der Waals surface area contributed by atoms with Crippen LogP contribution in [-0.2, 0) is 13.0 Å². The molecule has 0 atom stereocenters. The maximum atomic E-state index is 11.1. The molecule has 0 aliphatic rings. The number of allylic oxidation sites excluding steroid dienone is 2. The Balaban J connectivity index is 0.000000230. The third-order valence-corrected chi connectivity index (χ3v) is 7.20. The van der Waals surface area contributed by atoms with E-state index in [-0.39, 0.29) is 0 Å². The van der Waals surface area contributed by atoms with Crippen molar-refractivity contribution in [1.82, 2.24) is 5.32 Å². The summed E-state index contributed by atoms with van der Waals surface area (Å²) in [6.07, 6.45) is 0.987. The zero-order valence-corrected chi connectivity index (χ0v) is 24.8. The lowest BCUT2D eigenvalue weighted by molar-refractivity contribution is 0.0697. The molecule has 0 bridgehead atoms. The normalized spacial score (nSPS) is 10.2. The zero-order valence-electron chi connectivity index (χ0n) is 24.0. The molecule has 0 amide bonds. The standard InChI is InChI=1S/C21H24ClN.C15H14O2/c1-14(2)16(4)21-12-19(10-9-15(21)3)17(5)23-13-18-7-6-8-20(22)11-18;1-2-11-7-9-12(10-8-11)13-5-3-4-6-14(13)15(16)17/h6-12,23H,5,13H2,1-4H3;3-10H,2H2,1H3,(H,16,17). The maximum Gasteiger partial charge on any atom is 0.336 e. The Morgan fingerprint density at radius 2 is 1.55 bits per heavy atom. The Labute approximate surface area is 243 Å². The van der Waals surface area contributed by atoms with Gasteiger partial charge in [0.05, 0.1) is 5.56 Å². The van der Waals surface area contributed by atoms with E-state index in [0.29, 0.717) is 12.1 Å². The van der Waals surface area contributed by atoms with Crippen LogP contribution in [-0.4, -0.2) is 11.1 Å². The number of halogens is 1. The van der Waals surface area contributed by atoms with Crippen molar-refractivity contribution in [3.63, 3.8) is 0 Å². The Morgan fingerprint density at radius 3 is 2.17 bits per heavy atom. The topological polar surface area (TPSA) is 49.3 Å². The molecule has 40 heavy (non-hydrogen) atoms. The number of aromatic carboxylic acids is 1. The highest BCUT2D eigenvalue weighted by Crippen LogP contribution is 2.26. The van der Waals surface area contributed by atoms with Crippen molar-refractivity contribution in [2.45, 2.75) is 47.6 Å². The molecule has 0 fully saturated rings. The molecule has 4 aromatic rings. The second-order valence-electron chi connectivity index (χ2n) is 10.0. The summed E-state index contributed by atoms with van der Waals surface area (Å²) in [5.41, 5.74) is 11.7. The third kappa shape index (κ3) is 8.21. The summed E-state index contributed by atoms with van der Waals surface area (Å²) in [7, 11) is 0. The quantitative estimate of drug-likeness (QED) is 0.229. The average Bonchev–Trinajstić information content (AvgIpc) is 2.96. The van der Waals surface area contributed by atoms with Crippen molar-refractivity contribution in [3.8, 4) is 11.1 Å². The number of rotatable bonds is 8. The fourth-order valence-corrected chi connectivity index (χ4v) is 4.50. The van der Waals surface area contributed by atoms with Crippen molar-refractivity contribution in [2.75, 3.05) is 0 Å². The van der Waals surface area contributed by atoms with Crippen molar-refractivity contribution < 1.29 is 9.90 Å². The summed E-state index contributed by atoms with van der Waals surface area (Å²) in [6.45, 7) is 15.6. The summed E-state index contributed by atoms with van der Waals surface area (Å²) in [5.74, 6) is -0.889. The smallest absolute Gasteiger partial charge is 0.336 e. The van der Waals surface area contributed by atoms with Gasteiger partial charge in [0.15, 0.2) is 0 Å². The highest BCUT2D eigenvalue weighted by Gasteiger charge is 2.10. The third-order valence-electron chi connectivity index (χ3n) is 6.97. The predicted molar refractivity (Wildman–Crippen MR) is 171 cm³/mol. The average molecular weight is 552 g/mol. The number of carbonyl (C=O) groups is 1. The number of aryl methyl sites for hydroxylation is 2. The zero-order chi connectivity index (χ0) is 29.2. The molecule has 4 heteroatoms. The van der Waals surface area contributed by atoms with Crippen LogP contribution in [0.4, 0.5) is 0 Å². The summed E-state index contributed by atoms with van der Waals surface area (Å²) < 4.78 is 0. The van der Waals surface area contributed by atoms with E-state index < -0.39 is 5.97 Å². The number of carboxylic acid groups (broad SMARTS) is 1. The molecular weight excluding hydrogens is 514 g/mol. The van der Waals surface area contributed by atoms with Crippen LogP contribution >= 0.6 is 11.6 Å². The van der Waals surface area contributed by atoms with Crippen LogP contribution in [0.1, 0.15) is 65.9 Å². The van der Waals surface area contributed by atoms with Gasteiger partial charge in [-0.05, 0) is 103 Å². The van der Waals surface area contributed by atoms with Gasteiger partial charge in [-0.15, -0.1) is 0 Å². The first-order chi connectivity index (χ1) is 19.1. The SMILES string of the molecule is C=C(NCc1cccc(Cl)c1)c1ccc(C)c(C(C)=C(C)C)c1.CCc1ccc(-c2ccccc2C(=O)O)cc1. The molecule has 4 rings (SSSR count). The molecule has 0 aliphatic heterocycles. The fourth-order valence-electron chi connectivity index (χ4n) is 4.28. The Hall–Kier alpha value is -4.08. The van der Waals surface area contributed by atoms with Gasteiger partial charge in [-0.1, -0.05) is 97.4 Å². The van der Waals surface area contributed by atoms with E-state index in [2.05, 4.69) is 70.8 Å². The number of nitrogens with one attached hydrogen (secondary N) is 1. The van der Waals surface area contributed by atoms with E-state index in [1.807, 2.05) is 54.6 Å². The van der Waals surface area contributed by atoms with Gasteiger partial charge in [-0.3, -0.25) is 0 Å². The number of carboxylic acids is 1. The van der Waals surface area contributed by atoms with Gasteiger partial charge in [-0.25, -0.2) is 4.79 Å². The van der Waals surface area contributed by atoms with Crippen LogP contribution in [0.25, 0.3) is 22.4 Å². The summed E-state index contributed by atoms with van der Waals surface area (Å²) in [6, 6.07) is 29.4. The highest BCUT2D eigenvalue weighted by molar-refractivity contribution is 6.30. The molecule has 0 radical (unpaired) electrons. The van der Waals surface area contributed by atoms with Gasteiger partial charge in [0.25, 0.3) is 0 Å². The summed E-state index contributed by atoms with van der Waals surface area (Å²) >= 11 is 6.02. The Bertz CT molecular complexity index is 1510. The van der Waals surface area contributed by atoms with Crippen LogP contribution in [0.2, 0.25) is 5.02 Å². The maximum absolute atomic E-state index is 11.1. The number of hydrogen-bond donors (Lipinski definition) is 2. The van der Waals surface area contributed by atoms with Crippen LogP contribution in [0.3, 0.4) is 0 Å². The second kappa shape index (κ2) is 14.3. The largest absolute Gasteiger partial charge is 0.478 e. The first-order valence-corrected chi connectivity index (χ1v) is 13.8. The monoisotopic (exact) mass is 551 g/mol. The molecule has 2 N–H and O–H groups in total. The molecule has 0 aliphatic carbocycles. The van der Waals surface area contributed by atoms with Gasteiger partial charge in [-0.2, -0.15) is 0 Å². The van der Waals surface area contributed by atoms with E-state index >= 15 is 0 Å². The lowest BCUT2D eigenvalue weighted by atomic mass is 9.95.